The molecule has 0 unspecified atom stereocenters. The maximum atomic E-state index is 12.2. The summed E-state index contributed by atoms with van der Waals surface area (Å²) in [6.45, 7) is 3.36. The summed E-state index contributed by atoms with van der Waals surface area (Å²) < 4.78 is 10.5. The quantitative estimate of drug-likeness (QED) is 0.506. The molecule has 1 aliphatic rings. The molecule has 4 rings (SSSR count). The summed E-state index contributed by atoms with van der Waals surface area (Å²) in [4.78, 5) is 30.8. The van der Waals surface area contributed by atoms with Crippen molar-refractivity contribution in [1.82, 2.24) is 4.98 Å². The third-order valence-electron chi connectivity index (χ3n) is 4.86. The Morgan fingerprint density at radius 1 is 1.06 bits per heavy atom. The molecule has 1 amide bonds. The zero-order valence-corrected chi connectivity index (χ0v) is 18.3. The molecular formula is C23H24N4O4S. The molecule has 32 heavy (non-hydrogen) atoms. The van der Waals surface area contributed by atoms with E-state index in [1.807, 2.05) is 54.6 Å². The highest BCUT2D eigenvalue weighted by Gasteiger charge is 2.15. The molecule has 0 aliphatic carbocycles. The van der Waals surface area contributed by atoms with Crippen LogP contribution in [0.4, 0.5) is 16.5 Å². The third kappa shape index (κ3) is 6.05. The Balaban J connectivity index is 1.21. The number of anilines is 3. The Bertz CT molecular complexity index is 1030. The van der Waals surface area contributed by atoms with E-state index in [-0.39, 0.29) is 12.3 Å². The van der Waals surface area contributed by atoms with E-state index < -0.39 is 11.9 Å². The lowest BCUT2D eigenvalue weighted by Gasteiger charge is -2.28. The molecule has 1 saturated heterocycles. The molecule has 0 saturated carbocycles. The fraction of sp³-hybridized carbons (Fsp3) is 0.261. The van der Waals surface area contributed by atoms with E-state index in [4.69, 9.17) is 9.47 Å². The van der Waals surface area contributed by atoms with Crippen molar-refractivity contribution in [2.75, 3.05) is 48.4 Å². The second kappa shape index (κ2) is 10.7. The molecule has 166 valence electrons. The third-order valence-corrected chi connectivity index (χ3v) is 5.66. The second-order valence-electron chi connectivity index (χ2n) is 7.15. The number of nitrogens with zero attached hydrogens (tertiary/aromatic N) is 2. The van der Waals surface area contributed by atoms with E-state index >= 15 is 0 Å². The molecule has 1 aliphatic heterocycles. The number of thiazole rings is 1. The van der Waals surface area contributed by atoms with Crippen molar-refractivity contribution in [3.63, 3.8) is 0 Å². The average Bonchev–Trinajstić information content (AvgIpc) is 3.32. The fourth-order valence-electron chi connectivity index (χ4n) is 3.20. The zero-order chi connectivity index (χ0) is 22.2. The van der Waals surface area contributed by atoms with Crippen molar-refractivity contribution in [2.24, 2.45) is 0 Å². The zero-order valence-electron chi connectivity index (χ0n) is 17.5. The first-order valence-electron chi connectivity index (χ1n) is 10.3. The van der Waals surface area contributed by atoms with Crippen LogP contribution in [0.5, 0.6) is 0 Å². The van der Waals surface area contributed by atoms with E-state index in [9.17, 15) is 9.59 Å². The minimum atomic E-state index is -0.633. The molecule has 9 heteroatoms. The predicted molar refractivity (Wildman–Crippen MR) is 124 cm³/mol. The minimum absolute atomic E-state index is 0.174. The number of ether oxygens (including phenoxy) is 2. The number of carbonyl (C=O) groups is 2. The SMILES string of the molecule is O=C(COC(=O)c1csc(NCc2ccccc2)n1)Nc1ccc(N2CCOCC2)cc1. The molecule has 2 aromatic carbocycles. The van der Waals surface area contributed by atoms with Crippen LogP contribution in [0.1, 0.15) is 16.1 Å². The molecule has 3 aromatic rings. The molecule has 0 bridgehead atoms. The van der Waals surface area contributed by atoms with Crippen LogP contribution >= 0.6 is 11.3 Å². The van der Waals surface area contributed by atoms with Gasteiger partial charge in [0.15, 0.2) is 17.4 Å². The molecule has 1 fully saturated rings. The molecule has 2 heterocycles. The normalized spacial score (nSPS) is 13.4. The highest BCUT2D eigenvalue weighted by Crippen LogP contribution is 2.19. The van der Waals surface area contributed by atoms with Gasteiger partial charge in [-0.1, -0.05) is 30.3 Å². The number of aromatic nitrogens is 1. The summed E-state index contributed by atoms with van der Waals surface area (Å²) in [5, 5.41) is 8.13. The standard InChI is InChI=1S/C23H24N4O4S/c28-21(25-18-6-8-19(9-7-18)27-10-12-30-13-11-27)15-31-22(29)20-16-32-23(26-20)24-14-17-4-2-1-3-5-17/h1-9,16H,10-15H2,(H,24,26)(H,25,28). The van der Waals surface area contributed by atoms with Crippen LogP contribution in [0, 0.1) is 0 Å². The second-order valence-corrected chi connectivity index (χ2v) is 8.01. The van der Waals surface area contributed by atoms with Gasteiger partial charge in [-0.15, -0.1) is 11.3 Å². The number of carbonyl (C=O) groups excluding carboxylic acids is 2. The maximum Gasteiger partial charge on any atom is 0.358 e. The number of hydrogen-bond acceptors (Lipinski definition) is 8. The van der Waals surface area contributed by atoms with Gasteiger partial charge in [0.25, 0.3) is 5.91 Å². The lowest BCUT2D eigenvalue weighted by atomic mass is 10.2. The number of benzene rings is 2. The topological polar surface area (TPSA) is 92.8 Å². The first kappa shape index (κ1) is 21.8. The van der Waals surface area contributed by atoms with Gasteiger partial charge < -0.3 is 25.0 Å². The van der Waals surface area contributed by atoms with Crippen LogP contribution in [-0.4, -0.2) is 49.8 Å². The van der Waals surface area contributed by atoms with Gasteiger partial charge >= 0.3 is 5.97 Å². The predicted octanol–water partition coefficient (Wildman–Crippen LogP) is 3.39. The van der Waals surface area contributed by atoms with Gasteiger partial charge in [-0.05, 0) is 29.8 Å². The Morgan fingerprint density at radius 2 is 1.81 bits per heavy atom. The van der Waals surface area contributed by atoms with Crippen molar-refractivity contribution >= 4 is 39.7 Å². The van der Waals surface area contributed by atoms with Crippen LogP contribution in [0.15, 0.2) is 60.0 Å². The highest BCUT2D eigenvalue weighted by atomic mass is 32.1. The molecule has 0 spiro atoms. The molecule has 2 N–H and O–H groups in total. The summed E-state index contributed by atoms with van der Waals surface area (Å²) in [5.74, 6) is -1.04. The van der Waals surface area contributed by atoms with Crippen molar-refractivity contribution in [3.05, 3.63) is 71.2 Å². The van der Waals surface area contributed by atoms with Crippen molar-refractivity contribution < 1.29 is 19.1 Å². The Hall–Kier alpha value is -3.43. The summed E-state index contributed by atoms with van der Waals surface area (Å²) in [7, 11) is 0. The van der Waals surface area contributed by atoms with Gasteiger partial charge in [0.2, 0.25) is 0 Å². The minimum Gasteiger partial charge on any atom is -0.451 e. The average molecular weight is 453 g/mol. The largest absolute Gasteiger partial charge is 0.451 e. The number of amides is 1. The number of esters is 1. The number of nitrogens with one attached hydrogen (secondary N) is 2. The van der Waals surface area contributed by atoms with Crippen LogP contribution < -0.4 is 15.5 Å². The van der Waals surface area contributed by atoms with Crippen LogP contribution in [0.25, 0.3) is 0 Å². The highest BCUT2D eigenvalue weighted by molar-refractivity contribution is 7.13. The van der Waals surface area contributed by atoms with Crippen molar-refractivity contribution in [3.8, 4) is 0 Å². The summed E-state index contributed by atoms with van der Waals surface area (Å²) in [6.07, 6.45) is 0. The smallest absolute Gasteiger partial charge is 0.358 e. The van der Waals surface area contributed by atoms with E-state index in [0.717, 1.165) is 24.3 Å². The Morgan fingerprint density at radius 3 is 2.56 bits per heavy atom. The van der Waals surface area contributed by atoms with E-state index in [1.165, 1.54) is 11.3 Å². The number of hydrogen-bond donors (Lipinski definition) is 2. The van der Waals surface area contributed by atoms with Crippen molar-refractivity contribution in [1.29, 1.82) is 0 Å². The summed E-state index contributed by atoms with van der Waals surface area (Å²) in [5.41, 5.74) is 3.01. The van der Waals surface area contributed by atoms with Crippen LogP contribution in [0.3, 0.4) is 0 Å². The number of rotatable bonds is 8. The summed E-state index contributed by atoms with van der Waals surface area (Å²) >= 11 is 1.31. The number of morpholine rings is 1. The maximum absolute atomic E-state index is 12.2. The lowest BCUT2D eigenvalue weighted by molar-refractivity contribution is -0.119. The van der Waals surface area contributed by atoms with Crippen LogP contribution in [0.2, 0.25) is 0 Å². The van der Waals surface area contributed by atoms with Crippen LogP contribution in [-0.2, 0) is 20.8 Å². The lowest BCUT2D eigenvalue weighted by Crippen LogP contribution is -2.36. The summed E-state index contributed by atoms with van der Waals surface area (Å²) in [6, 6.07) is 17.5. The van der Waals surface area contributed by atoms with E-state index in [1.54, 1.807) is 5.38 Å². The fourth-order valence-corrected chi connectivity index (χ4v) is 3.88. The molecule has 0 radical (unpaired) electrons. The van der Waals surface area contributed by atoms with Gasteiger partial charge in [0, 0.05) is 36.4 Å². The Kier molecular flexibility index (Phi) is 7.31. The van der Waals surface area contributed by atoms with E-state index in [0.29, 0.717) is 30.6 Å². The molecular weight excluding hydrogens is 428 g/mol. The van der Waals surface area contributed by atoms with Gasteiger partial charge in [0.1, 0.15) is 0 Å². The first-order valence-corrected chi connectivity index (χ1v) is 11.2. The molecule has 8 nitrogen and oxygen atoms in total. The van der Waals surface area contributed by atoms with Gasteiger partial charge in [-0.25, -0.2) is 9.78 Å². The molecule has 0 atom stereocenters. The van der Waals surface area contributed by atoms with Gasteiger partial charge in [-0.3, -0.25) is 4.79 Å². The van der Waals surface area contributed by atoms with E-state index in [2.05, 4.69) is 20.5 Å². The monoisotopic (exact) mass is 452 g/mol. The Labute approximate surface area is 190 Å². The first-order chi connectivity index (χ1) is 15.7. The van der Waals surface area contributed by atoms with Gasteiger partial charge in [0.05, 0.1) is 13.2 Å². The van der Waals surface area contributed by atoms with Gasteiger partial charge in [-0.2, -0.15) is 0 Å². The van der Waals surface area contributed by atoms with Crippen molar-refractivity contribution in [2.45, 2.75) is 6.54 Å². The molecule has 1 aromatic heterocycles.